The van der Waals surface area contributed by atoms with Crippen LogP contribution in [0.5, 0.6) is 5.75 Å². The van der Waals surface area contributed by atoms with Crippen molar-refractivity contribution in [3.05, 3.63) is 42.6 Å². The maximum atomic E-state index is 10.9. The van der Waals surface area contributed by atoms with Crippen molar-refractivity contribution in [1.29, 1.82) is 0 Å². The number of anilines is 1. The van der Waals surface area contributed by atoms with Gasteiger partial charge < -0.3 is 20.1 Å². The molecule has 6 nitrogen and oxygen atoms in total. The minimum atomic E-state index is -0.725. The number of fused-ring (bicyclic) bond motifs is 1. The quantitative estimate of drug-likeness (QED) is 0.642. The van der Waals surface area contributed by atoms with Crippen molar-refractivity contribution < 1.29 is 14.6 Å². The monoisotopic (exact) mass is 337 g/mol. The molecule has 6 heteroatoms. The zero-order valence-corrected chi connectivity index (χ0v) is 13.8. The Morgan fingerprint density at radius 2 is 2.16 bits per heavy atom. The van der Waals surface area contributed by atoms with Gasteiger partial charge in [-0.2, -0.15) is 0 Å². The smallest absolute Gasteiger partial charge is 0.306 e. The van der Waals surface area contributed by atoms with E-state index >= 15 is 0 Å². The van der Waals surface area contributed by atoms with Crippen molar-refractivity contribution in [2.75, 3.05) is 19.0 Å². The van der Waals surface area contributed by atoms with E-state index in [-0.39, 0.29) is 11.8 Å². The third kappa shape index (κ3) is 3.03. The largest absolute Gasteiger partial charge is 0.493 e. The van der Waals surface area contributed by atoms with Gasteiger partial charge in [0.1, 0.15) is 17.2 Å². The number of hydrogen-bond acceptors (Lipinski definition) is 4. The van der Waals surface area contributed by atoms with E-state index in [4.69, 9.17) is 9.84 Å². The van der Waals surface area contributed by atoms with Crippen LogP contribution in [0.4, 0.5) is 5.82 Å². The van der Waals surface area contributed by atoms with Crippen LogP contribution in [-0.4, -0.2) is 34.7 Å². The second kappa shape index (κ2) is 6.12. The topological polar surface area (TPSA) is 87.2 Å². The lowest BCUT2D eigenvalue weighted by Crippen LogP contribution is -2.06. The number of aromatic nitrogens is 2. The van der Waals surface area contributed by atoms with Gasteiger partial charge in [-0.1, -0.05) is 12.1 Å². The average molecular weight is 337 g/mol. The lowest BCUT2D eigenvalue weighted by atomic mass is 10.0. The number of aromatic amines is 1. The number of aliphatic carboxylic acids is 1. The number of hydrogen-bond donors (Lipinski definition) is 3. The summed E-state index contributed by atoms with van der Waals surface area (Å²) < 4.78 is 5.72. The molecule has 25 heavy (non-hydrogen) atoms. The first kappa shape index (κ1) is 15.5. The molecule has 1 aliphatic carbocycles. The van der Waals surface area contributed by atoms with Gasteiger partial charge in [0.2, 0.25) is 0 Å². The van der Waals surface area contributed by atoms with Gasteiger partial charge in [0.05, 0.1) is 12.5 Å². The average Bonchev–Trinajstić information content (AvgIpc) is 3.27. The van der Waals surface area contributed by atoms with Crippen LogP contribution in [-0.2, 0) is 4.79 Å². The van der Waals surface area contributed by atoms with Gasteiger partial charge in [-0.25, -0.2) is 4.98 Å². The molecule has 0 bridgehead atoms. The molecule has 3 N–H and O–H groups in total. The van der Waals surface area contributed by atoms with E-state index in [0.717, 1.165) is 33.7 Å². The number of nitrogens with one attached hydrogen (secondary N) is 2. The van der Waals surface area contributed by atoms with Crippen LogP contribution in [0.2, 0.25) is 0 Å². The van der Waals surface area contributed by atoms with Crippen LogP contribution in [0.1, 0.15) is 6.42 Å². The normalized spacial score (nSPS) is 18.9. The maximum Gasteiger partial charge on any atom is 0.306 e. The molecule has 1 aliphatic rings. The summed E-state index contributed by atoms with van der Waals surface area (Å²) in [4.78, 5) is 18.5. The fourth-order valence-corrected chi connectivity index (χ4v) is 3.07. The standard InChI is InChI=1S/C19H19N3O3/c1-20-17-9-15(14-6-7-21-18(14)22-17)11-2-4-13(5-3-11)25-10-12-8-16(12)19(23)24/h2-7,9,12,16H,8,10H2,1H3,(H,23,24)(H2,20,21,22)/t12-,16+/m0/s1. The third-order valence-corrected chi connectivity index (χ3v) is 4.65. The highest BCUT2D eigenvalue weighted by molar-refractivity contribution is 5.94. The zero-order chi connectivity index (χ0) is 17.4. The number of carbonyl (C=O) groups is 1. The minimum absolute atomic E-state index is 0.134. The lowest BCUT2D eigenvalue weighted by molar-refractivity contribution is -0.138. The molecule has 0 spiro atoms. The van der Waals surface area contributed by atoms with E-state index in [1.165, 1.54) is 0 Å². The van der Waals surface area contributed by atoms with Crippen LogP contribution in [0, 0.1) is 11.8 Å². The first-order valence-electron chi connectivity index (χ1n) is 8.27. The molecule has 2 heterocycles. The summed E-state index contributed by atoms with van der Waals surface area (Å²) in [5.74, 6) is 0.734. The van der Waals surface area contributed by atoms with Gasteiger partial charge in [-0.15, -0.1) is 0 Å². The van der Waals surface area contributed by atoms with Gasteiger partial charge >= 0.3 is 5.97 Å². The lowest BCUT2D eigenvalue weighted by Gasteiger charge is -2.09. The summed E-state index contributed by atoms with van der Waals surface area (Å²) in [7, 11) is 1.85. The third-order valence-electron chi connectivity index (χ3n) is 4.65. The van der Waals surface area contributed by atoms with Crippen LogP contribution in [0.15, 0.2) is 42.6 Å². The Kier molecular flexibility index (Phi) is 3.80. The summed E-state index contributed by atoms with van der Waals surface area (Å²) in [6, 6.07) is 11.9. The Bertz CT molecular complexity index is 917. The van der Waals surface area contributed by atoms with Crippen molar-refractivity contribution in [3.8, 4) is 16.9 Å². The van der Waals surface area contributed by atoms with Crippen LogP contribution in [0.25, 0.3) is 22.2 Å². The summed E-state index contributed by atoms with van der Waals surface area (Å²) in [6.07, 6.45) is 2.59. The van der Waals surface area contributed by atoms with Crippen LogP contribution < -0.4 is 10.1 Å². The molecule has 0 radical (unpaired) electrons. The SMILES string of the molecule is CNc1cc(-c2ccc(OC[C@@H]3C[C@H]3C(=O)O)cc2)c2cc[nH]c2n1. The summed E-state index contributed by atoms with van der Waals surface area (Å²) >= 11 is 0. The number of carboxylic acid groups (broad SMARTS) is 1. The molecule has 2 aromatic heterocycles. The highest BCUT2D eigenvalue weighted by atomic mass is 16.5. The summed E-state index contributed by atoms with van der Waals surface area (Å²) in [6.45, 7) is 0.456. The van der Waals surface area contributed by atoms with Gasteiger partial charge in [0.15, 0.2) is 0 Å². The maximum absolute atomic E-state index is 10.9. The second-order valence-electron chi connectivity index (χ2n) is 6.32. The Labute approximate surface area is 144 Å². The molecule has 2 atom stereocenters. The first-order valence-corrected chi connectivity index (χ1v) is 8.27. The molecule has 1 aromatic carbocycles. The Morgan fingerprint density at radius 1 is 1.36 bits per heavy atom. The molecule has 0 unspecified atom stereocenters. The first-order chi connectivity index (χ1) is 12.2. The van der Waals surface area contributed by atoms with Crippen molar-refractivity contribution in [1.82, 2.24) is 9.97 Å². The van der Waals surface area contributed by atoms with Gasteiger partial charge in [-0.3, -0.25) is 4.79 Å². The number of benzene rings is 1. The highest BCUT2D eigenvalue weighted by Crippen LogP contribution is 2.39. The fourth-order valence-electron chi connectivity index (χ4n) is 3.07. The predicted molar refractivity (Wildman–Crippen MR) is 95.8 cm³/mol. The van der Waals surface area contributed by atoms with E-state index in [2.05, 4.69) is 15.3 Å². The predicted octanol–water partition coefficient (Wildman–Crippen LogP) is 3.37. The van der Waals surface area contributed by atoms with E-state index in [1.54, 1.807) is 0 Å². The minimum Gasteiger partial charge on any atom is -0.493 e. The van der Waals surface area contributed by atoms with E-state index in [1.807, 2.05) is 49.6 Å². The molecule has 0 aliphatic heterocycles. The van der Waals surface area contributed by atoms with Gasteiger partial charge in [0.25, 0.3) is 0 Å². The molecular formula is C19H19N3O3. The fraction of sp³-hybridized carbons (Fsp3) is 0.263. The molecule has 1 fully saturated rings. The molecule has 3 aromatic rings. The number of nitrogens with zero attached hydrogens (tertiary/aromatic N) is 1. The Hall–Kier alpha value is -3.02. The summed E-state index contributed by atoms with van der Waals surface area (Å²) in [5.41, 5.74) is 3.01. The van der Waals surface area contributed by atoms with Crippen molar-refractivity contribution in [2.24, 2.45) is 11.8 Å². The van der Waals surface area contributed by atoms with Crippen molar-refractivity contribution in [2.45, 2.75) is 6.42 Å². The molecule has 4 rings (SSSR count). The van der Waals surface area contributed by atoms with E-state index in [9.17, 15) is 4.79 Å². The molecule has 0 saturated heterocycles. The molecule has 0 amide bonds. The van der Waals surface area contributed by atoms with E-state index in [0.29, 0.717) is 13.0 Å². The Balaban J connectivity index is 1.52. The molecule has 1 saturated carbocycles. The van der Waals surface area contributed by atoms with Crippen LogP contribution >= 0.6 is 0 Å². The van der Waals surface area contributed by atoms with Gasteiger partial charge in [0, 0.05) is 24.5 Å². The Morgan fingerprint density at radius 3 is 2.84 bits per heavy atom. The molecular weight excluding hydrogens is 318 g/mol. The van der Waals surface area contributed by atoms with E-state index < -0.39 is 5.97 Å². The number of H-pyrrole nitrogens is 1. The number of pyridine rings is 1. The molecule has 128 valence electrons. The number of ether oxygens (including phenoxy) is 1. The van der Waals surface area contributed by atoms with Crippen molar-refractivity contribution >= 4 is 22.8 Å². The summed E-state index contributed by atoms with van der Waals surface area (Å²) in [5, 5.41) is 13.1. The van der Waals surface area contributed by atoms with Gasteiger partial charge in [-0.05, 0) is 41.8 Å². The van der Waals surface area contributed by atoms with Crippen molar-refractivity contribution in [3.63, 3.8) is 0 Å². The zero-order valence-electron chi connectivity index (χ0n) is 13.8. The second-order valence-corrected chi connectivity index (χ2v) is 6.32. The number of carboxylic acids is 1. The number of rotatable bonds is 6. The highest BCUT2D eigenvalue weighted by Gasteiger charge is 2.43. The van der Waals surface area contributed by atoms with Crippen LogP contribution in [0.3, 0.4) is 0 Å².